The van der Waals surface area contributed by atoms with E-state index in [0.29, 0.717) is 6.54 Å². The number of aliphatic hydroxyl groups excluding tert-OH is 1. The fraction of sp³-hybridized carbons (Fsp3) is 0.833. The molecule has 0 saturated carbocycles. The molecule has 1 saturated heterocycles. The normalized spacial score (nSPS) is 23.3. The molecule has 1 amide bonds. The van der Waals surface area contributed by atoms with Crippen molar-refractivity contribution in [2.24, 2.45) is 0 Å². The number of amides is 1. The Morgan fingerprint density at radius 1 is 1.37 bits per heavy atom. The van der Waals surface area contributed by atoms with Crippen LogP contribution in [0.25, 0.3) is 0 Å². The molecular weight excluding hydrogens is 252 g/mol. The summed E-state index contributed by atoms with van der Waals surface area (Å²) in [7, 11) is 1.29. The lowest BCUT2D eigenvalue weighted by Crippen LogP contribution is -2.42. The van der Waals surface area contributed by atoms with E-state index in [0.717, 1.165) is 0 Å². The predicted molar refractivity (Wildman–Crippen MR) is 67.6 cm³/mol. The van der Waals surface area contributed by atoms with Crippen molar-refractivity contribution in [2.75, 3.05) is 26.7 Å². The fourth-order valence-electron chi connectivity index (χ4n) is 1.75. The molecule has 7 heteroatoms. The molecular formula is C12H22N2O5. The van der Waals surface area contributed by atoms with Crippen molar-refractivity contribution in [1.82, 2.24) is 10.2 Å². The number of nitrogens with zero attached hydrogens (tertiary/aromatic N) is 1. The van der Waals surface area contributed by atoms with Crippen LogP contribution in [0.4, 0.5) is 4.79 Å². The highest BCUT2D eigenvalue weighted by molar-refractivity contribution is 5.71. The van der Waals surface area contributed by atoms with Gasteiger partial charge in [0.25, 0.3) is 0 Å². The highest BCUT2D eigenvalue weighted by atomic mass is 16.6. The summed E-state index contributed by atoms with van der Waals surface area (Å²) < 4.78 is 9.72. The molecule has 1 aliphatic heterocycles. The van der Waals surface area contributed by atoms with Crippen molar-refractivity contribution < 1.29 is 24.2 Å². The Morgan fingerprint density at radius 3 is 2.53 bits per heavy atom. The standard InChI is InChI=1S/C12H22N2O5/c1-12(2,3)19-11(17)14-6-8(9(15)7-14)13-5-10(16)18-4/h8-9,13,15H,5-7H2,1-4H3. The van der Waals surface area contributed by atoms with Crippen LogP contribution in [0.1, 0.15) is 20.8 Å². The van der Waals surface area contributed by atoms with Gasteiger partial charge in [-0.25, -0.2) is 4.79 Å². The van der Waals surface area contributed by atoms with Crippen molar-refractivity contribution in [2.45, 2.75) is 38.5 Å². The highest BCUT2D eigenvalue weighted by Gasteiger charge is 2.36. The van der Waals surface area contributed by atoms with Crippen molar-refractivity contribution in [1.29, 1.82) is 0 Å². The van der Waals surface area contributed by atoms with Gasteiger partial charge in [0.15, 0.2) is 0 Å². The zero-order chi connectivity index (χ0) is 14.6. The summed E-state index contributed by atoms with van der Waals surface area (Å²) in [5.74, 6) is -0.414. The maximum absolute atomic E-state index is 11.8. The Morgan fingerprint density at radius 2 is 2.00 bits per heavy atom. The zero-order valence-electron chi connectivity index (χ0n) is 11.8. The van der Waals surface area contributed by atoms with E-state index in [1.807, 2.05) is 0 Å². The van der Waals surface area contributed by atoms with Crippen LogP contribution >= 0.6 is 0 Å². The lowest BCUT2D eigenvalue weighted by atomic mass is 10.2. The van der Waals surface area contributed by atoms with E-state index in [1.165, 1.54) is 12.0 Å². The minimum absolute atomic E-state index is 0.000382. The fourth-order valence-corrected chi connectivity index (χ4v) is 1.75. The van der Waals surface area contributed by atoms with Gasteiger partial charge in [-0.15, -0.1) is 0 Å². The molecule has 0 bridgehead atoms. The minimum atomic E-state index is -0.725. The third-order valence-corrected chi connectivity index (χ3v) is 2.68. The lowest BCUT2D eigenvalue weighted by molar-refractivity contribution is -0.139. The molecule has 1 heterocycles. The molecule has 1 fully saturated rings. The predicted octanol–water partition coefficient (Wildman–Crippen LogP) is -0.271. The zero-order valence-corrected chi connectivity index (χ0v) is 11.8. The van der Waals surface area contributed by atoms with Crippen molar-refractivity contribution in [3.63, 3.8) is 0 Å². The van der Waals surface area contributed by atoms with Gasteiger partial charge in [-0.1, -0.05) is 0 Å². The van der Waals surface area contributed by atoms with E-state index in [4.69, 9.17) is 4.74 Å². The minimum Gasteiger partial charge on any atom is -0.468 e. The molecule has 1 rings (SSSR count). The molecule has 0 aromatic heterocycles. The second-order valence-electron chi connectivity index (χ2n) is 5.52. The average Bonchev–Trinajstić information content (AvgIpc) is 2.65. The summed E-state index contributed by atoms with van der Waals surface area (Å²) in [6.07, 6.45) is -1.19. The third-order valence-electron chi connectivity index (χ3n) is 2.68. The molecule has 19 heavy (non-hydrogen) atoms. The topological polar surface area (TPSA) is 88.1 Å². The number of nitrogens with one attached hydrogen (secondary N) is 1. The van der Waals surface area contributed by atoms with Gasteiger partial charge in [-0.3, -0.25) is 10.1 Å². The molecule has 0 spiro atoms. The second kappa shape index (κ2) is 6.21. The van der Waals surface area contributed by atoms with E-state index in [2.05, 4.69) is 10.1 Å². The van der Waals surface area contributed by atoms with Crippen LogP contribution in [0.5, 0.6) is 0 Å². The van der Waals surface area contributed by atoms with E-state index < -0.39 is 23.8 Å². The number of hydrogen-bond acceptors (Lipinski definition) is 6. The van der Waals surface area contributed by atoms with Crippen LogP contribution < -0.4 is 5.32 Å². The SMILES string of the molecule is COC(=O)CNC1CN(C(=O)OC(C)(C)C)CC1O. The number of carbonyl (C=O) groups excluding carboxylic acids is 2. The molecule has 2 atom stereocenters. The first-order valence-electron chi connectivity index (χ1n) is 6.19. The van der Waals surface area contributed by atoms with Gasteiger partial charge in [0.1, 0.15) is 5.60 Å². The van der Waals surface area contributed by atoms with Crippen LogP contribution in [0.2, 0.25) is 0 Å². The number of esters is 1. The second-order valence-corrected chi connectivity index (χ2v) is 5.52. The van der Waals surface area contributed by atoms with Crippen LogP contribution in [-0.4, -0.2) is 66.6 Å². The first-order valence-corrected chi connectivity index (χ1v) is 6.19. The summed E-state index contributed by atoms with van der Waals surface area (Å²) in [6, 6.07) is -0.355. The van der Waals surface area contributed by atoms with Crippen LogP contribution in [0.3, 0.4) is 0 Å². The average molecular weight is 274 g/mol. The van der Waals surface area contributed by atoms with E-state index >= 15 is 0 Å². The van der Waals surface area contributed by atoms with Crippen LogP contribution in [0.15, 0.2) is 0 Å². The quantitative estimate of drug-likeness (QED) is 0.689. The van der Waals surface area contributed by atoms with Gasteiger partial charge < -0.3 is 19.5 Å². The molecule has 2 N–H and O–H groups in total. The van der Waals surface area contributed by atoms with Gasteiger partial charge in [0.2, 0.25) is 0 Å². The number of likely N-dealkylation sites (tertiary alicyclic amines) is 1. The summed E-state index contributed by atoms with van der Waals surface area (Å²) in [6.45, 7) is 5.83. The molecule has 0 aromatic rings. The summed E-state index contributed by atoms with van der Waals surface area (Å²) in [4.78, 5) is 24.2. The summed E-state index contributed by atoms with van der Waals surface area (Å²) >= 11 is 0. The third kappa shape index (κ3) is 5.04. The molecule has 110 valence electrons. The maximum atomic E-state index is 11.8. The molecule has 1 aliphatic rings. The maximum Gasteiger partial charge on any atom is 0.410 e. The van der Waals surface area contributed by atoms with Gasteiger partial charge in [-0.2, -0.15) is 0 Å². The monoisotopic (exact) mass is 274 g/mol. The first-order chi connectivity index (χ1) is 8.73. The number of methoxy groups -OCH3 is 1. The van der Waals surface area contributed by atoms with Crippen LogP contribution in [0, 0.1) is 0 Å². The number of carbonyl (C=O) groups is 2. The van der Waals surface area contributed by atoms with Crippen LogP contribution in [-0.2, 0) is 14.3 Å². The van der Waals surface area contributed by atoms with E-state index in [-0.39, 0.29) is 19.1 Å². The van der Waals surface area contributed by atoms with Gasteiger partial charge in [-0.05, 0) is 20.8 Å². The number of rotatable bonds is 3. The molecule has 7 nitrogen and oxygen atoms in total. The Kier molecular flexibility index (Phi) is 5.13. The smallest absolute Gasteiger partial charge is 0.410 e. The summed E-state index contributed by atoms with van der Waals surface area (Å²) in [5.41, 5.74) is -0.570. The number of β-amino-alcohol motifs (C(OH)–C–C–N with tert-alkyl or cyclic N) is 1. The highest BCUT2D eigenvalue weighted by Crippen LogP contribution is 2.15. The molecule has 0 radical (unpaired) electrons. The van der Waals surface area contributed by atoms with E-state index in [1.54, 1.807) is 20.8 Å². The largest absolute Gasteiger partial charge is 0.468 e. The van der Waals surface area contributed by atoms with Gasteiger partial charge >= 0.3 is 12.1 Å². The number of hydrogen-bond donors (Lipinski definition) is 2. The van der Waals surface area contributed by atoms with E-state index in [9.17, 15) is 14.7 Å². The van der Waals surface area contributed by atoms with Crippen molar-refractivity contribution in [3.8, 4) is 0 Å². The molecule has 2 unspecified atom stereocenters. The summed E-state index contributed by atoms with van der Waals surface area (Å²) in [5, 5.41) is 12.7. The number of ether oxygens (including phenoxy) is 2. The van der Waals surface area contributed by atoms with Crippen molar-refractivity contribution in [3.05, 3.63) is 0 Å². The number of aliphatic hydroxyl groups is 1. The Hall–Kier alpha value is -1.34. The molecule has 0 aliphatic carbocycles. The first kappa shape index (κ1) is 15.7. The van der Waals surface area contributed by atoms with Crippen molar-refractivity contribution >= 4 is 12.1 Å². The van der Waals surface area contributed by atoms with Gasteiger partial charge in [0.05, 0.1) is 32.3 Å². The Balaban J connectivity index is 2.45. The Labute approximate surface area is 112 Å². The lowest BCUT2D eigenvalue weighted by Gasteiger charge is -2.24. The van der Waals surface area contributed by atoms with Gasteiger partial charge in [0, 0.05) is 6.54 Å². The Bertz CT molecular complexity index is 340. The molecule has 0 aromatic carbocycles.